The van der Waals surface area contributed by atoms with E-state index >= 15 is 0 Å². The largest absolute Gasteiger partial charge is 0.507 e. The van der Waals surface area contributed by atoms with E-state index < -0.39 is 77.4 Å². The first-order chi connectivity index (χ1) is 19.1. The van der Waals surface area contributed by atoms with E-state index in [1.165, 1.54) is 25.3 Å². The number of hydrogen-bond acceptors (Lipinski definition) is 12. The lowest BCUT2D eigenvalue weighted by Crippen LogP contribution is -2.51. The number of methoxy groups -OCH3 is 1. The van der Waals surface area contributed by atoms with E-state index in [1.54, 1.807) is 0 Å². The first-order valence-electron chi connectivity index (χ1n) is 13.0. The second-order valence-electron chi connectivity index (χ2n) is 10.6. The van der Waals surface area contributed by atoms with Crippen LogP contribution in [0, 0.1) is 0 Å². The number of phenolic OH excluding ortho intramolecular Hbond substituents is 2. The number of aliphatic hydroxyl groups excluding tert-OH is 1. The Hall–Kier alpha value is -3.39. The van der Waals surface area contributed by atoms with E-state index in [9.17, 15) is 34.8 Å². The summed E-state index contributed by atoms with van der Waals surface area (Å²) in [6.07, 6.45) is -3.28. The van der Waals surface area contributed by atoms with Crippen molar-refractivity contribution in [2.24, 2.45) is 0 Å². The Morgan fingerprint density at radius 2 is 1.90 bits per heavy atom. The van der Waals surface area contributed by atoms with Gasteiger partial charge >= 0.3 is 0 Å². The van der Waals surface area contributed by atoms with Crippen molar-refractivity contribution >= 4 is 17.3 Å². The lowest BCUT2D eigenvalue weighted by atomic mass is 9.72. The molecular formula is C28H29NO11. The molecule has 0 spiro atoms. The van der Waals surface area contributed by atoms with Crippen LogP contribution in [0.2, 0.25) is 0 Å². The van der Waals surface area contributed by atoms with Crippen molar-refractivity contribution < 1.29 is 53.8 Å². The highest BCUT2D eigenvalue weighted by atomic mass is 16.7. The Balaban J connectivity index is 1.49. The molecule has 2 aliphatic carbocycles. The topological polar surface area (TPSA) is 181 Å². The normalized spacial score (nSPS) is 30.8. The van der Waals surface area contributed by atoms with Gasteiger partial charge in [-0.3, -0.25) is 19.7 Å². The first-order valence-corrected chi connectivity index (χ1v) is 13.0. The number of benzene rings is 2. The Labute approximate surface area is 228 Å². The molecule has 12 nitrogen and oxygen atoms in total. The molecule has 2 fully saturated rings. The lowest BCUT2D eigenvalue weighted by molar-refractivity contribution is -0.244. The summed E-state index contributed by atoms with van der Waals surface area (Å²) in [5.74, 6) is -3.53. The van der Waals surface area contributed by atoms with Crippen LogP contribution in [0.5, 0.6) is 17.2 Å². The van der Waals surface area contributed by atoms with Crippen molar-refractivity contribution in [1.82, 2.24) is 5.32 Å². The number of carbonyl (C=O) groups excluding carboxylic acids is 3. The van der Waals surface area contributed by atoms with Gasteiger partial charge in [0, 0.05) is 42.0 Å². The zero-order valence-corrected chi connectivity index (χ0v) is 21.8. The standard InChI is InChI=1S/C28H29NO11/c1-11-27-14(29-10-38-27)6-18(39-11)40-16-8-28(36,17(31)9-30)7-13-20(16)26(35)22-21(24(13)33)23(32)12-4-3-5-15(37-2)19(12)25(22)34/h3-5,11,14,16,18,27,29-30,33,35-36H,6-10H2,1-2H3/t11?,14?,16?,18?,27?,28-/m0/s1. The van der Waals surface area contributed by atoms with E-state index in [0.717, 1.165) is 0 Å². The molecular weight excluding hydrogens is 526 g/mol. The molecule has 2 aromatic rings. The molecule has 0 saturated carbocycles. The number of aromatic hydroxyl groups is 2. The van der Waals surface area contributed by atoms with Crippen molar-refractivity contribution in [2.75, 3.05) is 20.4 Å². The second-order valence-corrected chi connectivity index (χ2v) is 10.6. The molecule has 2 aliphatic heterocycles. The van der Waals surface area contributed by atoms with E-state index in [0.29, 0.717) is 13.2 Å². The maximum Gasteiger partial charge on any atom is 0.202 e. The Kier molecular flexibility index (Phi) is 6.44. The van der Waals surface area contributed by atoms with Crippen LogP contribution in [0.25, 0.3) is 0 Å². The van der Waals surface area contributed by atoms with Crippen molar-refractivity contribution in [1.29, 1.82) is 0 Å². The summed E-state index contributed by atoms with van der Waals surface area (Å²) in [4.78, 5) is 39.9. The van der Waals surface area contributed by atoms with Crippen LogP contribution in [-0.2, 0) is 25.4 Å². The average Bonchev–Trinajstić information content (AvgIpc) is 3.41. The number of Topliss-reactive ketones (excluding diaryl/α,β-unsaturated/α-hetero) is 1. The molecule has 0 radical (unpaired) electrons. The predicted molar refractivity (Wildman–Crippen MR) is 134 cm³/mol. The fraction of sp³-hybridized carbons (Fsp3) is 0.464. The minimum atomic E-state index is -2.19. The number of rotatable bonds is 5. The number of ketones is 3. The quantitative estimate of drug-likeness (QED) is 0.278. The minimum absolute atomic E-state index is 0.0257. The summed E-state index contributed by atoms with van der Waals surface area (Å²) in [5.41, 5.74) is -3.31. The molecule has 5 N–H and O–H groups in total. The summed E-state index contributed by atoms with van der Waals surface area (Å²) in [6, 6.07) is 4.34. The van der Waals surface area contributed by atoms with E-state index in [-0.39, 0.29) is 46.3 Å². The number of aliphatic hydroxyl groups is 2. The van der Waals surface area contributed by atoms with Gasteiger partial charge in [-0.15, -0.1) is 0 Å². The fourth-order valence-electron chi connectivity index (χ4n) is 6.41. The Morgan fingerprint density at radius 1 is 1.15 bits per heavy atom. The van der Waals surface area contributed by atoms with Crippen LogP contribution >= 0.6 is 0 Å². The minimum Gasteiger partial charge on any atom is -0.507 e. The molecule has 6 atom stereocenters. The van der Waals surface area contributed by atoms with Crippen LogP contribution < -0.4 is 10.1 Å². The smallest absolute Gasteiger partial charge is 0.202 e. The number of phenols is 2. The maximum absolute atomic E-state index is 13.7. The molecule has 0 amide bonds. The lowest BCUT2D eigenvalue weighted by Gasteiger charge is -2.42. The second kappa shape index (κ2) is 9.61. The number of carbonyl (C=O) groups is 3. The Bertz CT molecular complexity index is 1440. The fourth-order valence-corrected chi connectivity index (χ4v) is 6.41. The molecule has 2 saturated heterocycles. The van der Waals surface area contributed by atoms with E-state index in [4.69, 9.17) is 18.9 Å². The van der Waals surface area contributed by atoms with Gasteiger partial charge in [0.25, 0.3) is 0 Å². The summed E-state index contributed by atoms with van der Waals surface area (Å²) >= 11 is 0. The van der Waals surface area contributed by atoms with Gasteiger partial charge in [0.15, 0.2) is 17.9 Å². The zero-order valence-electron chi connectivity index (χ0n) is 21.8. The maximum atomic E-state index is 13.7. The third-order valence-electron chi connectivity index (χ3n) is 8.35. The molecule has 0 aromatic heterocycles. The SMILES string of the molecule is COc1cccc2c1C(=O)c1c(O)c3c(c(O)c1C2=O)C[C@@](O)(C(=O)CO)CC3OC1CC2NCOC2C(C)O1. The number of fused-ring (bicyclic) bond motifs is 4. The van der Waals surface area contributed by atoms with Crippen LogP contribution in [0.1, 0.15) is 68.8 Å². The molecule has 40 heavy (non-hydrogen) atoms. The highest BCUT2D eigenvalue weighted by molar-refractivity contribution is 6.31. The predicted octanol–water partition coefficient (Wildman–Crippen LogP) is 0.628. The molecule has 0 bridgehead atoms. The van der Waals surface area contributed by atoms with Crippen molar-refractivity contribution in [3.8, 4) is 17.2 Å². The number of nitrogens with one attached hydrogen (secondary N) is 1. The van der Waals surface area contributed by atoms with Crippen LogP contribution in [0.3, 0.4) is 0 Å². The van der Waals surface area contributed by atoms with Gasteiger partial charge in [0.1, 0.15) is 35.6 Å². The Morgan fingerprint density at radius 3 is 2.62 bits per heavy atom. The summed E-state index contributed by atoms with van der Waals surface area (Å²) < 4.78 is 23.2. The molecule has 2 aromatic carbocycles. The van der Waals surface area contributed by atoms with Crippen molar-refractivity contribution in [2.45, 2.75) is 62.4 Å². The number of hydrogen-bond donors (Lipinski definition) is 5. The van der Waals surface area contributed by atoms with Crippen molar-refractivity contribution in [3.63, 3.8) is 0 Å². The van der Waals surface area contributed by atoms with Gasteiger partial charge in [0.2, 0.25) is 5.78 Å². The van der Waals surface area contributed by atoms with Crippen molar-refractivity contribution in [3.05, 3.63) is 51.6 Å². The van der Waals surface area contributed by atoms with Gasteiger partial charge < -0.3 is 39.4 Å². The molecule has 5 unspecified atom stereocenters. The van der Waals surface area contributed by atoms with E-state index in [2.05, 4.69) is 5.32 Å². The molecule has 212 valence electrons. The molecule has 4 aliphatic rings. The average molecular weight is 556 g/mol. The highest BCUT2D eigenvalue weighted by Crippen LogP contribution is 2.52. The van der Waals surface area contributed by atoms with E-state index in [1.807, 2.05) is 6.92 Å². The van der Waals surface area contributed by atoms with Gasteiger partial charge in [-0.25, -0.2) is 0 Å². The third-order valence-corrected chi connectivity index (χ3v) is 8.35. The van der Waals surface area contributed by atoms with Gasteiger partial charge in [0.05, 0.1) is 42.7 Å². The summed E-state index contributed by atoms with van der Waals surface area (Å²) in [5, 5.41) is 47.1. The van der Waals surface area contributed by atoms with Gasteiger partial charge in [-0.2, -0.15) is 0 Å². The monoisotopic (exact) mass is 555 g/mol. The van der Waals surface area contributed by atoms with Gasteiger partial charge in [-0.05, 0) is 13.0 Å². The molecule has 6 rings (SSSR count). The number of ether oxygens (including phenoxy) is 4. The third kappa shape index (κ3) is 3.86. The van der Waals surface area contributed by atoms with Crippen LogP contribution in [-0.4, -0.2) is 88.4 Å². The first kappa shape index (κ1) is 26.8. The molecule has 12 heteroatoms. The van der Waals surface area contributed by atoms with Crippen LogP contribution in [0.4, 0.5) is 0 Å². The zero-order chi connectivity index (χ0) is 28.5. The van der Waals surface area contributed by atoms with Crippen LogP contribution in [0.15, 0.2) is 18.2 Å². The highest BCUT2D eigenvalue weighted by Gasteiger charge is 2.50. The summed E-state index contributed by atoms with van der Waals surface area (Å²) in [7, 11) is 1.34. The molecule has 2 heterocycles. The van der Waals surface area contributed by atoms with Gasteiger partial charge in [-0.1, -0.05) is 12.1 Å². The summed E-state index contributed by atoms with van der Waals surface area (Å²) in [6.45, 7) is 1.17.